The molecule has 4 heterocycles. The van der Waals surface area contributed by atoms with Crippen LogP contribution in [0.3, 0.4) is 0 Å². The normalized spacial score (nSPS) is 17.9. The quantitative estimate of drug-likeness (QED) is 0.295. The Kier molecular flexibility index (Phi) is 6.02. The molecule has 1 aliphatic heterocycles. The van der Waals surface area contributed by atoms with E-state index >= 15 is 0 Å². The highest BCUT2D eigenvalue weighted by Gasteiger charge is 2.30. The molecule has 0 aliphatic carbocycles. The van der Waals surface area contributed by atoms with E-state index < -0.39 is 6.30 Å². The van der Waals surface area contributed by atoms with Crippen LogP contribution in [-0.4, -0.2) is 51.7 Å². The highest BCUT2D eigenvalue weighted by molar-refractivity contribution is 7.17. The summed E-state index contributed by atoms with van der Waals surface area (Å²) in [7, 11) is 1.72. The van der Waals surface area contributed by atoms with Crippen LogP contribution in [0, 0.1) is 6.92 Å². The number of carbonyl (C=O) groups excluding carboxylic acids is 1. The van der Waals surface area contributed by atoms with Gasteiger partial charge in [-0.15, -0.1) is 11.3 Å². The maximum Gasteiger partial charge on any atom is 0.253 e. The van der Waals surface area contributed by atoms with Gasteiger partial charge in [-0.1, -0.05) is 6.07 Å². The van der Waals surface area contributed by atoms with Crippen molar-refractivity contribution in [2.45, 2.75) is 25.7 Å². The zero-order valence-electron chi connectivity index (χ0n) is 20.4. The lowest BCUT2D eigenvalue weighted by atomic mass is 10.0. The summed E-state index contributed by atoms with van der Waals surface area (Å²) in [5, 5.41) is 9.71. The topological polar surface area (TPSA) is 83.0 Å². The Morgan fingerprint density at radius 2 is 2.00 bits per heavy atom. The molecule has 186 valence electrons. The predicted molar refractivity (Wildman–Crippen MR) is 146 cm³/mol. The third-order valence-electron chi connectivity index (χ3n) is 6.80. The summed E-state index contributed by atoms with van der Waals surface area (Å²) in [5.74, 6) is -0.267. The number of thiophene rings is 1. The Bertz CT molecular complexity index is 1630. The molecule has 9 heteroatoms. The van der Waals surface area contributed by atoms with Crippen molar-refractivity contribution >= 4 is 49.7 Å². The second-order valence-corrected chi connectivity index (χ2v) is 10.3. The molecule has 2 aromatic carbocycles. The van der Waals surface area contributed by atoms with E-state index in [-0.39, 0.29) is 18.4 Å². The molecule has 0 spiro atoms. The maximum absolute atomic E-state index is 13.9. The number of rotatable bonds is 5. The van der Waals surface area contributed by atoms with Gasteiger partial charge in [0.1, 0.15) is 0 Å². The average Bonchev–Trinajstić information content (AvgIpc) is 3.43. The van der Waals surface area contributed by atoms with Crippen LogP contribution in [0.2, 0.25) is 0 Å². The molecule has 37 heavy (non-hydrogen) atoms. The highest BCUT2D eigenvalue weighted by atomic mass is 32.1. The summed E-state index contributed by atoms with van der Waals surface area (Å²) in [5.41, 5.74) is 6.52. The van der Waals surface area contributed by atoms with Crippen LogP contribution in [0.25, 0.3) is 32.2 Å². The second kappa shape index (κ2) is 9.49. The van der Waals surface area contributed by atoms with E-state index in [9.17, 15) is 9.18 Å². The first-order valence-corrected chi connectivity index (χ1v) is 12.9. The van der Waals surface area contributed by atoms with E-state index in [4.69, 9.17) is 0 Å². The zero-order valence-corrected chi connectivity index (χ0v) is 21.2. The number of aromatic nitrogens is 3. The fourth-order valence-electron chi connectivity index (χ4n) is 4.86. The van der Waals surface area contributed by atoms with Crippen LogP contribution in [-0.2, 0) is 0 Å². The Labute approximate surface area is 217 Å². The summed E-state index contributed by atoms with van der Waals surface area (Å²) < 4.78 is 15.2. The SMILES string of the molecule is Cc1csc2ccc(-c3cc(Nc4cnccc4C(=O)NC4CC(F)N(C)C4)cc4nccnc34)cc12. The average molecular weight is 513 g/mol. The lowest BCUT2D eigenvalue weighted by molar-refractivity contribution is 0.0939. The molecule has 0 radical (unpaired) electrons. The molecule has 5 aromatic rings. The molecule has 2 N–H and O–H groups in total. The van der Waals surface area contributed by atoms with Gasteiger partial charge in [0.15, 0.2) is 6.30 Å². The molecule has 2 unspecified atom stereocenters. The smallest absolute Gasteiger partial charge is 0.253 e. The first kappa shape index (κ1) is 23.4. The molecule has 1 amide bonds. The Hall–Kier alpha value is -3.95. The van der Waals surface area contributed by atoms with Crippen molar-refractivity contribution < 1.29 is 9.18 Å². The van der Waals surface area contributed by atoms with Crippen LogP contribution in [0.4, 0.5) is 15.8 Å². The van der Waals surface area contributed by atoms with Gasteiger partial charge in [-0.05, 0) is 66.2 Å². The standard InChI is InChI=1S/C28H25FN6OS/c1-16-15-37-25-4-3-17(9-21(16)25)22-10-18(11-23-27(22)32-8-7-31-23)33-24-13-30-6-5-20(24)28(36)34-19-12-26(29)35(2)14-19/h3-11,13,15,19,26,33H,12,14H2,1-2H3,(H,34,36). The number of halogens is 1. The Morgan fingerprint density at radius 3 is 2.84 bits per heavy atom. The van der Waals surface area contributed by atoms with E-state index in [0.29, 0.717) is 17.8 Å². The van der Waals surface area contributed by atoms with Gasteiger partial charge in [-0.2, -0.15) is 0 Å². The highest BCUT2D eigenvalue weighted by Crippen LogP contribution is 2.35. The van der Waals surface area contributed by atoms with E-state index in [1.165, 1.54) is 15.6 Å². The summed E-state index contributed by atoms with van der Waals surface area (Å²) in [6.45, 7) is 2.59. The molecule has 0 bridgehead atoms. The van der Waals surface area contributed by atoms with Crippen molar-refractivity contribution in [1.82, 2.24) is 25.2 Å². The molecule has 2 atom stereocenters. The molecular formula is C28H25FN6OS. The van der Waals surface area contributed by atoms with Gasteiger partial charge in [0.25, 0.3) is 5.91 Å². The number of fused-ring (bicyclic) bond motifs is 2. The number of nitrogens with one attached hydrogen (secondary N) is 2. The number of hydrogen-bond donors (Lipinski definition) is 2. The molecule has 1 saturated heterocycles. The van der Waals surface area contributed by atoms with Gasteiger partial charge >= 0.3 is 0 Å². The number of likely N-dealkylation sites (tertiary alicyclic amines) is 1. The monoisotopic (exact) mass is 512 g/mol. The number of amides is 1. The van der Waals surface area contributed by atoms with Gasteiger partial charge in [0.05, 0.1) is 28.5 Å². The minimum absolute atomic E-state index is 0.244. The van der Waals surface area contributed by atoms with Gasteiger partial charge < -0.3 is 10.6 Å². The second-order valence-electron chi connectivity index (χ2n) is 9.40. The Morgan fingerprint density at radius 1 is 1.14 bits per heavy atom. The number of nitrogens with zero attached hydrogens (tertiary/aromatic N) is 4. The third-order valence-corrected chi connectivity index (χ3v) is 7.88. The van der Waals surface area contributed by atoms with Crippen molar-refractivity contribution in [3.05, 3.63) is 77.7 Å². The number of anilines is 2. The minimum atomic E-state index is -1.05. The lowest BCUT2D eigenvalue weighted by Gasteiger charge is -2.16. The molecule has 1 aliphatic rings. The third kappa shape index (κ3) is 4.52. The first-order chi connectivity index (χ1) is 18.0. The van der Waals surface area contributed by atoms with Crippen molar-refractivity contribution in [3.8, 4) is 11.1 Å². The summed E-state index contributed by atoms with van der Waals surface area (Å²) in [6, 6.07) is 11.8. The van der Waals surface area contributed by atoms with Gasteiger partial charge in [0, 0.05) is 53.5 Å². The van der Waals surface area contributed by atoms with Crippen molar-refractivity contribution in [2.75, 3.05) is 18.9 Å². The lowest BCUT2D eigenvalue weighted by Crippen LogP contribution is -2.36. The first-order valence-electron chi connectivity index (χ1n) is 12.1. The molecule has 0 saturated carbocycles. The van der Waals surface area contributed by atoms with E-state index in [1.54, 1.807) is 54.1 Å². The van der Waals surface area contributed by atoms with Crippen molar-refractivity contribution in [2.24, 2.45) is 0 Å². The van der Waals surface area contributed by atoms with Gasteiger partial charge in [0.2, 0.25) is 0 Å². The molecule has 1 fully saturated rings. The largest absolute Gasteiger partial charge is 0.354 e. The van der Waals surface area contributed by atoms with Crippen molar-refractivity contribution in [3.63, 3.8) is 0 Å². The number of carbonyl (C=O) groups is 1. The predicted octanol–water partition coefficient (Wildman–Crippen LogP) is 5.69. The van der Waals surface area contributed by atoms with Crippen LogP contribution in [0.1, 0.15) is 22.3 Å². The van der Waals surface area contributed by atoms with Gasteiger partial charge in [-0.3, -0.25) is 24.6 Å². The van der Waals surface area contributed by atoms with Crippen LogP contribution in [0.5, 0.6) is 0 Å². The number of pyridine rings is 1. The number of aryl methyl sites for hydroxylation is 1. The van der Waals surface area contributed by atoms with E-state index in [2.05, 4.69) is 56.1 Å². The molecule has 3 aromatic heterocycles. The van der Waals surface area contributed by atoms with Gasteiger partial charge in [-0.25, -0.2) is 4.39 Å². The number of hydrogen-bond acceptors (Lipinski definition) is 7. The van der Waals surface area contributed by atoms with E-state index in [0.717, 1.165) is 27.8 Å². The maximum atomic E-state index is 13.9. The van der Waals surface area contributed by atoms with Crippen LogP contribution >= 0.6 is 11.3 Å². The zero-order chi connectivity index (χ0) is 25.5. The van der Waals surface area contributed by atoms with Crippen LogP contribution in [0.15, 0.2) is 66.6 Å². The molecule has 7 nitrogen and oxygen atoms in total. The summed E-state index contributed by atoms with van der Waals surface area (Å²) in [4.78, 5) is 28.1. The number of likely N-dealkylation sites (N-methyl/N-ethyl adjacent to an activating group) is 1. The van der Waals surface area contributed by atoms with Crippen molar-refractivity contribution in [1.29, 1.82) is 0 Å². The Balaban J connectivity index is 1.36. The number of benzene rings is 2. The fourth-order valence-corrected chi connectivity index (χ4v) is 5.78. The number of alkyl halides is 1. The summed E-state index contributed by atoms with van der Waals surface area (Å²) in [6.07, 6.45) is 5.79. The van der Waals surface area contributed by atoms with Crippen LogP contribution < -0.4 is 10.6 Å². The minimum Gasteiger partial charge on any atom is -0.354 e. The fraction of sp³-hybridized carbons (Fsp3) is 0.214. The van der Waals surface area contributed by atoms with E-state index in [1.807, 2.05) is 12.1 Å². The summed E-state index contributed by atoms with van der Waals surface area (Å²) >= 11 is 1.73. The molecule has 6 rings (SSSR count). The molecular weight excluding hydrogens is 487 g/mol.